The lowest BCUT2D eigenvalue weighted by Crippen LogP contribution is -2.15. The van der Waals surface area contributed by atoms with Crippen molar-refractivity contribution in [1.29, 1.82) is 0 Å². The number of hydrogen-bond donors (Lipinski definition) is 2. The van der Waals surface area contributed by atoms with Crippen LogP contribution in [0.25, 0.3) is 0 Å². The largest absolute Gasteiger partial charge is 0.399 e. The van der Waals surface area contributed by atoms with Crippen molar-refractivity contribution in [3.8, 4) is 0 Å². The van der Waals surface area contributed by atoms with Crippen molar-refractivity contribution in [1.82, 2.24) is 0 Å². The molecule has 0 atom stereocenters. The Morgan fingerprint density at radius 3 is 2.64 bits per heavy atom. The fourth-order valence-corrected chi connectivity index (χ4v) is 1.60. The van der Waals surface area contributed by atoms with E-state index >= 15 is 0 Å². The molecular weight excluding hydrogens is 179 g/mol. The maximum absolute atomic E-state index is 13.3. The Balaban J connectivity index is 2.08. The van der Waals surface area contributed by atoms with Gasteiger partial charge in [-0.2, -0.15) is 0 Å². The first-order chi connectivity index (χ1) is 6.75. The molecule has 14 heavy (non-hydrogen) atoms. The molecule has 0 aliphatic heterocycles. The predicted molar refractivity (Wildman–Crippen MR) is 56.6 cm³/mol. The smallest absolute Gasteiger partial charge is 0.148 e. The zero-order chi connectivity index (χ0) is 9.97. The van der Waals surface area contributed by atoms with E-state index in [0.717, 1.165) is 12.8 Å². The van der Waals surface area contributed by atoms with Gasteiger partial charge in [-0.25, -0.2) is 4.39 Å². The Labute approximate surface area is 82.6 Å². The second-order valence-corrected chi connectivity index (χ2v) is 3.52. The number of benzene rings is 1. The summed E-state index contributed by atoms with van der Waals surface area (Å²) in [6.07, 6.45) is 6.13. The zero-order valence-electron chi connectivity index (χ0n) is 7.83. The Hall–Kier alpha value is -1.51. The second kappa shape index (κ2) is 3.70. The van der Waals surface area contributed by atoms with Crippen LogP contribution in [0.1, 0.15) is 12.8 Å². The van der Waals surface area contributed by atoms with E-state index in [0.29, 0.717) is 17.4 Å². The van der Waals surface area contributed by atoms with Gasteiger partial charge in [-0.05, 0) is 31.0 Å². The molecule has 1 aliphatic rings. The summed E-state index contributed by atoms with van der Waals surface area (Å²) < 4.78 is 13.3. The molecule has 0 saturated heterocycles. The van der Waals surface area contributed by atoms with Gasteiger partial charge in [0.25, 0.3) is 0 Å². The fourth-order valence-electron chi connectivity index (χ4n) is 1.60. The lowest BCUT2D eigenvalue weighted by molar-refractivity contribution is 0.626. The minimum atomic E-state index is -0.281. The maximum atomic E-state index is 13.3. The van der Waals surface area contributed by atoms with Crippen LogP contribution in [0.3, 0.4) is 0 Å². The summed E-state index contributed by atoms with van der Waals surface area (Å²) in [6.45, 7) is 0. The third-order valence-electron chi connectivity index (χ3n) is 2.36. The highest BCUT2D eigenvalue weighted by atomic mass is 19.1. The van der Waals surface area contributed by atoms with E-state index in [4.69, 9.17) is 5.73 Å². The van der Waals surface area contributed by atoms with Gasteiger partial charge in [0.05, 0.1) is 5.69 Å². The summed E-state index contributed by atoms with van der Waals surface area (Å²) in [5.74, 6) is -0.281. The fraction of sp³-hybridized carbons (Fsp3) is 0.273. The number of nitrogens with two attached hydrogens (primary N) is 1. The first-order valence-corrected chi connectivity index (χ1v) is 4.72. The number of anilines is 2. The highest BCUT2D eigenvalue weighted by molar-refractivity contribution is 5.53. The van der Waals surface area contributed by atoms with Gasteiger partial charge in [0.2, 0.25) is 0 Å². The summed E-state index contributed by atoms with van der Waals surface area (Å²) in [5, 5.41) is 3.14. The molecule has 1 aromatic rings. The first-order valence-electron chi connectivity index (χ1n) is 4.72. The van der Waals surface area contributed by atoms with Crippen molar-refractivity contribution in [2.75, 3.05) is 11.1 Å². The summed E-state index contributed by atoms with van der Waals surface area (Å²) >= 11 is 0. The van der Waals surface area contributed by atoms with Gasteiger partial charge in [-0.15, -0.1) is 0 Å². The average molecular weight is 192 g/mol. The van der Waals surface area contributed by atoms with E-state index in [2.05, 4.69) is 17.5 Å². The molecule has 3 heteroatoms. The number of hydrogen-bond acceptors (Lipinski definition) is 2. The Morgan fingerprint density at radius 1 is 1.29 bits per heavy atom. The zero-order valence-corrected chi connectivity index (χ0v) is 7.83. The summed E-state index contributed by atoms with van der Waals surface area (Å²) in [7, 11) is 0. The molecule has 0 spiro atoms. The molecule has 0 aromatic heterocycles. The minimum absolute atomic E-state index is 0.281. The van der Waals surface area contributed by atoms with E-state index in [-0.39, 0.29) is 5.82 Å². The van der Waals surface area contributed by atoms with Gasteiger partial charge >= 0.3 is 0 Å². The molecule has 0 radical (unpaired) electrons. The molecule has 74 valence electrons. The third kappa shape index (κ3) is 1.87. The highest BCUT2D eigenvalue weighted by Crippen LogP contribution is 2.21. The van der Waals surface area contributed by atoms with Gasteiger partial charge < -0.3 is 11.1 Å². The Bertz CT molecular complexity index is 352. The van der Waals surface area contributed by atoms with Crippen LogP contribution >= 0.6 is 0 Å². The minimum Gasteiger partial charge on any atom is -0.399 e. The normalized spacial score (nSPS) is 16.1. The van der Waals surface area contributed by atoms with Crippen LogP contribution in [-0.2, 0) is 0 Å². The number of rotatable bonds is 2. The van der Waals surface area contributed by atoms with Crippen LogP contribution in [0.4, 0.5) is 15.8 Å². The molecule has 1 aromatic carbocycles. The van der Waals surface area contributed by atoms with Crippen molar-refractivity contribution < 1.29 is 4.39 Å². The second-order valence-electron chi connectivity index (χ2n) is 3.52. The van der Waals surface area contributed by atoms with Crippen LogP contribution in [0.15, 0.2) is 30.4 Å². The van der Waals surface area contributed by atoms with Gasteiger partial charge in [0.15, 0.2) is 0 Å². The van der Waals surface area contributed by atoms with Gasteiger partial charge in [0.1, 0.15) is 5.82 Å². The molecule has 3 N–H and O–H groups in total. The van der Waals surface area contributed by atoms with Crippen LogP contribution in [0.2, 0.25) is 0 Å². The van der Waals surface area contributed by atoms with E-state index < -0.39 is 0 Å². The molecule has 2 nitrogen and oxygen atoms in total. The van der Waals surface area contributed by atoms with E-state index in [1.807, 2.05) is 0 Å². The molecular formula is C11H13FN2. The van der Waals surface area contributed by atoms with Crippen molar-refractivity contribution in [3.05, 3.63) is 36.2 Å². The SMILES string of the molecule is Nc1ccc(NC2CC=CC2)c(F)c1. The van der Waals surface area contributed by atoms with Crippen LogP contribution < -0.4 is 11.1 Å². The van der Waals surface area contributed by atoms with Crippen LogP contribution in [0, 0.1) is 5.82 Å². The molecule has 0 fully saturated rings. The first kappa shape index (κ1) is 9.06. The topological polar surface area (TPSA) is 38.0 Å². The molecule has 0 unspecified atom stereocenters. The molecule has 1 aliphatic carbocycles. The molecule has 0 saturated carbocycles. The van der Waals surface area contributed by atoms with Gasteiger partial charge in [0, 0.05) is 11.7 Å². The predicted octanol–water partition coefficient (Wildman–Crippen LogP) is 2.54. The van der Waals surface area contributed by atoms with Crippen LogP contribution in [0.5, 0.6) is 0 Å². The number of nitrogen functional groups attached to an aromatic ring is 1. The van der Waals surface area contributed by atoms with E-state index in [1.165, 1.54) is 6.07 Å². The monoisotopic (exact) mass is 192 g/mol. The quantitative estimate of drug-likeness (QED) is 0.558. The lowest BCUT2D eigenvalue weighted by Gasteiger charge is -2.14. The van der Waals surface area contributed by atoms with E-state index in [9.17, 15) is 4.39 Å². The van der Waals surface area contributed by atoms with E-state index in [1.54, 1.807) is 12.1 Å². The summed E-state index contributed by atoms with van der Waals surface area (Å²) in [4.78, 5) is 0. The van der Waals surface area contributed by atoms with Crippen molar-refractivity contribution in [2.24, 2.45) is 0 Å². The highest BCUT2D eigenvalue weighted by Gasteiger charge is 2.11. The standard InChI is InChI=1S/C11H13FN2/c12-10-7-8(13)5-6-11(10)14-9-3-1-2-4-9/h1-2,5-7,9,14H,3-4,13H2. The Kier molecular flexibility index (Phi) is 2.39. The maximum Gasteiger partial charge on any atom is 0.148 e. The summed E-state index contributed by atoms with van der Waals surface area (Å²) in [5.41, 5.74) is 6.45. The Morgan fingerprint density at radius 2 is 2.00 bits per heavy atom. The van der Waals surface area contributed by atoms with Gasteiger partial charge in [-0.1, -0.05) is 12.2 Å². The van der Waals surface area contributed by atoms with Crippen molar-refractivity contribution in [3.63, 3.8) is 0 Å². The molecule has 0 amide bonds. The third-order valence-corrected chi connectivity index (χ3v) is 2.36. The number of halogens is 1. The molecule has 2 rings (SSSR count). The average Bonchev–Trinajstić information content (AvgIpc) is 2.62. The van der Waals surface area contributed by atoms with Crippen LogP contribution in [-0.4, -0.2) is 6.04 Å². The molecule has 0 heterocycles. The molecule has 0 bridgehead atoms. The van der Waals surface area contributed by atoms with Crippen molar-refractivity contribution in [2.45, 2.75) is 18.9 Å². The van der Waals surface area contributed by atoms with Crippen molar-refractivity contribution >= 4 is 11.4 Å². The number of nitrogens with one attached hydrogen (secondary N) is 1. The summed E-state index contributed by atoms with van der Waals surface area (Å²) in [6, 6.07) is 5.05. The van der Waals surface area contributed by atoms with Gasteiger partial charge in [-0.3, -0.25) is 0 Å². The lowest BCUT2D eigenvalue weighted by atomic mass is 10.2.